The number of alkyl halides is 2. The molecule has 0 aromatic heterocycles. The van der Waals surface area contributed by atoms with Gasteiger partial charge in [-0.1, -0.05) is 0 Å². The van der Waals surface area contributed by atoms with Gasteiger partial charge in [-0.05, 0) is 13.3 Å². The third-order valence-electron chi connectivity index (χ3n) is 1.59. The summed E-state index contributed by atoms with van der Waals surface area (Å²) in [6.45, 7) is 0.891. The molecule has 88 valence electrons. The second kappa shape index (κ2) is 6.97. The number of hydrogen-bond donors (Lipinski definition) is 3. The summed E-state index contributed by atoms with van der Waals surface area (Å²) in [6, 6.07) is -1.08. The highest BCUT2D eigenvalue weighted by atomic mass is 19.3. The van der Waals surface area contributed by atoms with E-state index < -0.39 is 25.0 Å². The van der Waals surface area contributed by atoms with E-state index in [1.807, 2.05) is 5.32 Å². The second-order valence-corrected chi connectivity index (χ2v) is 3.08. The number of rotatable bonds is 6. The zero-order valence-electron chi connectivity index (χ0n) is 8.30. The first-order valence-electron chi connectivity index (χ1n) is 4.46. The molecule has 0 bridgehead atoms. The molecule has 15 heavy (non-hydrogen) atoms. The predicted molar refractivity (Wildman–Crippen MR) is 48.9 cm³/mol. The molecule has 0 aromatic rings. The van der Waals surface area contributed by atoms with E-state index in [0.717, 1.165) is 0 Å². The molecule has 2 amide bonds. The number of amides is 2. The standard InChI is InChI=1S/C8H14F2N2O3/c1-5(2-3-7(13)14)12-8(15)11-4-6(9)10/h5-6H,2-4H2,1H3,(H,13,14)(H2,11,12,15). The zero-order chi connectivity index (χ0) is 11.8. The van der Waals surface area contributed by atoms with Crippen molar-refractivity contribution in [3.63, 3.8) is 0 Å². The average Bonchev–Trinajstić information content (AvgIpc) is 2.11. The Morgan fingerprint density at radius 2 is 2.00 bits per heavy atom. The molecule has 0 aliphatic heterocycles. The largest absolute Gasteiger partial charge is 0.481 e. The van der Waals surface area contributed by atoms with Crippen LogP contribution in [0, 0.1) is 0 Å². The molecule has 3 N–H and O–H groups in total. The molecule has 7 heteroatoms. The number of carbonyl (C=O) groups excluding carboxylic acids is 1. The number of carboxylic acids is 1. The summed E-state index contributed by atoms with van der Waals surface area (Å²) >= 11 is 0. The van der Waals surface area contributed by atoms with E-state index in [-0.39, 0.29) is 18.9 Å². The van der Waals surface area contributed by atoms with E-state index in [2.05, 4.69) is 5.32 Å². The van der Waals surface area contributed by atoms with E-state index in [4.69, 9.17) is 5.11 Å². The number of urea groups is 1. The van der Waals surface area contributed by atoms with Crippen LogP contribution in [0.15, 0.2) is 0 Å². The summed E-state index contributed by atoms with van der Waals surface area (Å²) in [7, 11) is 0. The summed E-state index contributed by atoms with van der Waals surface area (Å²) in [4.78, 5) is 21.1. The fourth-order valence-corrected chi connectivity index (χ4v) is 0.857. The van der Waals surface area contributed by atoms with Crippen LogP contribution in [0.5, 0.6) is 0 Å². The van der Waals surface area contributed by atoms with Crippen LogP contribution in [0.1, 0.15) is 19.8 Å². The predicted octanol–water partition coefficient (Wildman–Crippen LogP) is 0.804. The van der Waals surface area contributed by atoms with Crippen molar-refractivity contribution in [1.29, 1.82) is 0 Å². The topological polar surface area (TPSA) is 78.4 Å². The van der Waals surface area contributed by atoms with Gasteiger partial charge in [0, 0.05) is 12.5 Å². The Labute approximate surface area is 85.8 Å². The first-order valence-corrected chi connectivity index (χ1v) is 4.46. The van der Waals surface area contributed by atoms with Gasteiger partial charge in [0.2, 0.25) is 0 Å². The van der Waals surface area contributed by atoms with Crippen LogP contribution in [0.2, 0.25) is 0 Å². The maximum Gasteiger partial charge on any atom is 0.315 e. The van der Waals surface area contributed by atoms with E-state index >= 15 is 0 Å². The summed E-state index contributed by atoms with van der Waals surface area (Å²) in [5.41, 5.74) is 0. The maximum absolute atomic E-state index is 11.7. The average molecular weight is 224 g/mol. The van der Waals surface area contributed by atoms with Gasteiger partial charge in [0.1, 0.15) is 0 Å². The van der Waals surface area contributed by atoms with Gasteiger partial charge in [-0.2, -0.15) is 0 Å². The van der Waals surface area contributed by atoms with E-state index in [0.29, 0.717) is 0 Å². The first kappa shape index (κ1) is 13.6. The van der Waals surface area contributed by atoms with Gasteiger partial charge in [-0.3, -0.25) is 4.79 Å². The van der Waals surface area contributed by atoms with E-state index in [1.165, 1.54) is 0 Å². The van der Waals surface area contributed by atoms with Crippen molar-refractivity contribution in [1.82, 2.24) is 10.6 Å². The molecule has 0 saturated carbocycles. The van der Waals surface area contributed by atoms with Crippen LogP contribution in [-0.4, -0.2) is 36.1 Å². The third-order valence-corrected chi connectivity index (χ3v) is 1.59. The SMILES string of the molecule is CC(CCC(=O)O)NC(=O)NCC(F)F. The monoisotopic (exact) mass is 224 g/mol. The zero-order valence-corrected chi connectivity index (χ0v) is 8.30. The fourth-order valence-electron chi connectivity index (χ4n) is 0.857. The molecule has 1 unspecified atom stereocenters. The van der Waals surface area contributed by atoms with Crippen molar-refractivity contribution in [2.75, 3.05) is 6.54 Å². The van der Waals surface area contributed by atoms with Gasteiger partial charge in [0.05, 0.1) is 6.54 Å². The van der Waals surface area contributed by atoms with Crippen LogP contribution >= 0.6 is 0 Å². The third kappa shape index (κ3) is 8.92. The minimum Gasteiger partial charge on any atom is -0.481 e. The van der Waals surface area contributed by atoms with Crippen molar-refractivity contribution in [2.45, 2.75) is 32.2 Å². The van der Waals surface area contributed by atoms with Crippen LogP contribution in [0.3, 0.4) is 0 Å². The van der Waals surface area contributed by atoms with Crippen molar-refractivity contribution in [2.24, 2.45) is 0 Å². The summed E-state index contributed by atoms with van der Waals surface area (Å²) in [6.07, 6.45) is -2.40. The molecular formula is C8H14F2N2O3. The van der Waals surface area contributed by atoms with E-state index in [1.54, 1.807) is 6.92 Å². The van der Waals surface area contributed by atoms with Crippen LogP contribution in [0.25, 0.3) is 0 Å². The highest BCUT2D eigenvalue weighted by molar-refractivity contribution is 5.74. The fraction of sp³-hybridized carbons (Fsp3) is 0.750. The van der Waals surface area contributed by atoms with Crippen LogP contribution in [0.4, 0.5) is 13.6 Å². The molecule has 0 spiro atoms. The van der Waals surface area contributed by atoms with Gasteiger partial charge in [-0.15, -0.1) is 0 Å². The number of nitrogens with one attached hydrogen (secondary N) is 2. The normalized spacial score (nSPS) is 12.3. The maximum atomic E-state index is 11.7. The molecule has 0 aliphatic carbocycles. The molecule has 0 rings (SSSR count). The van der Waals surface area contributed by atoms with Gasteiger partial charge < -0.3 is 15.7 Å². The van der Waals surface area contributed by atoms with Crippen molar-refractivity contribution < 1.29 is 23.5 Å². The lowest BCUT2D eigenvalue weighted by molar-refractivity contribution is -0.137. The Morgan fingerprint density at radius 1 is 1.40 bits per heavy atom. The van der Waals surface area contributed by atoms with Crippen molar-refractivity contribution >= 4 is 12.0 Å². The summed E-state index contributed by atoms with van der Waals surface area (Å²) in [5, 5.41) is 12.6. The molecule has 0 saturated heterocycles. The molecule has 0 radical (unpaired) electrons. The summed E-state index contributed by atoms with van der Waals surface area (Å²) < 4.78 is 23.3. The molecule has 0 fully saturated rings. The molecule has 0 aliphatic rings. The van der Waals surface area contributed by atoms with Crippen LogP contribution in [-0.2, 0) is 4.79 Å². The Hall–Kier alpha value is -1.40. The molecule has 1 atom stereocenters. The van der Waals surface area contributed by atoms with E-state index in [9.17, 15) is 18.4 Å². The Morgan fingerprint density at radius 3 is 2.47 bits per heavy atom. The lowest BCUT2D eigenvalue weighted by Gasteiger charge is -2.13. The quantitative estimate of drug-likeness (QED) is 0.624. The van der Waals surface area contributed by atoms with Gasteiger partial charge in [0.25, 0.3) is 6.43 Å². The van der Waals surface area contributed by atoms with Crippen LogP contribution < -0.4 is 10.6 Å². The molecule has 0 heterocycles. The summed E-state index contributed by atoms with van der Waals surface area (Å²) in [5.74, 6) is -0.961. The number of carbonyl (C=O) groups is 2. The number of halogens is 2. The number of hydrogen-bond acceptors (Lipinski definition) is 2. The lowest BCUT2D eigenvalue weighted by Crippen LogP contribution is -2.42. The minimum atomic E-state index is -2.59. The van der Waals surface area contributed by atoms with Gasteiger partial charge in [-0.25, -0.2) is 13.6 Å². The second-order valence-electron chi connectivity index (χ2n) is 3.08. The molecular weight excluding hydrogens is 210 g/mol. The Kier molecular flexibility index (Phi) is 6.32. The number of carboxylic acid groups (broad SMARTS) is 1. The van der Waals surface area contributed by atoms with Gasteiger partial charge >= 0.3 is 12.0 Å². The number of aliphatic carboxylic acids is 1. The molecule has 0 aromatic carbocycles. The minimum absolute atomic E-state index is 0.0731. The van der Waals surface area contributed by atoms with Crippen molar-refractivity contribution in [3.05, 3.63) is 0 Å². The highest BCUT2D eigenvalue weighted by Gasteiger charge is 2.10. The Balaban J connectivity index is 3.62. The lowest BCUT2D eigenvalue weighted by atomic mass is 10.2. The Bertz CT molecular complexity index is 224. The molecule has 5 nitrogen and oxygen atoms in total. The van der Waals surface area contributed by atoms with Crippen molar-refractivity contribution in [3.8, 4) is 0 Å². The highest BCUT2D eigenvalue weighted by Crippen LogP contribution is 1.96. The van der Waals surface area contributed by atoms with Gasteiger partial charge in [0.15, 0.2) is 0 Å². The first-order chi connectivity index (χ1) is 6.91. The smallest absolute Gasteiger partial charge is 0.315 e.